The van der Waals surface area contributed by atoms with Gasteiger partial charge in [0.15, 0.2) is 22.4 Å². The smallest absolute Gasteiger partial charge is 0.176 e. The molecule has 0 saturated carbocycles. The van der Waals surface area contributed by atoms with E-state index in [1.807, 2.05) is 36.7 Å². The van der Waals surface area contributed by atoms with E-state index >= 15 is 0 Å². The first kappa shape index (κ1) is 24.2. The third kappa shape index (κ3) is 5.60. The number of ether oxygens (including phenoxy) is 2. The quantitative estimate of drug-likeness (QED) is 0.342. The zero-order valence-electron chi connectivity index (χ0n) is 20.0. The molecule has 0 aliphatic carbocycles. The molecule has 182 valence electrons. The molecule has 0 bridgehead atoms. The van der Waals surface area contributed by atoms with Crippen LogP contribution < -0.4 is 20.1 Å². The van der Waals surface area contributed by atoms with Gasteiger partial charge in [-0.25, -0.2) is 4.39 Å². The average molecular weight is 495 g/mol. The van der Waals surface area contributed by atoms with Gasteiger partial charge in [-0.15, -0.1) is 0 Å². The van der Waals surface area contributed by atoms with Gasteiger partial charge in [-0.2, -0.15) is 10.2 Å². The highest BCUT2D eigenvalue weighted by Crippen LogP contribution is 2.28. The zero-order valence-corrected chi connectivity index (χ0v) is 20.8. The molecule has 35 heavy (non-hydrogen) atoms. The van der Waals surface area contributed by atoms with E-state index in [4.69, 9.17) is 21.7 Å². The van der Waals surface area contributed by atoms with Crippen molar-refractivity contribution in [3.63, 3.8) is 0 Å². The Kier molecular flexibility index (Phi) is 7.31. The topological polar surface area (TPSA) is 78.2 Å². The maximum absolute atomic E-state index is 13.9. The van der Waals surface area contributed by atoms with E-state index in [1.165, 1.54) is 6.07 Å². The summed E-state index contributed by atoms with van der Waals surface area (Å²) in [6.45, 7) is 4.80. The van der Waals surface area contributed by atoms with E-state index in [1.54, 1.807) is 49.4 Å². The number of halogens is 1. The highest BCUT2D eigenvalue weighted by molar-refractivity contribution is 7.80. The van der Waals surface area contributed by atoms with Gasteiger partial charge in [-0.3, -0.25) is 9.36 Å². The molecule has 0 radical (unpaired) electrons. The Labute approximate surface area is 208 Å². The Morgan fingerprint density at radius 2 is 1.74 bits per heavy atom. The van der Waals surface area contributed by atoms with Crippen molar-refractivity contribution in [3.05, 3.63) is 83.1 Å². The van der Waals surface area contributed by atoms with Gasteiger partial charge >= 0.3 is 0 Å². The van der Waals surface area contributed by atoms with Gasteiger partial charge in [0.05, 0.1) is 44.4 Å². The molecule has 2 aromatic carbocycles. The first-order chi connectivity index (χ1) is 16.9. The summed E-state index contributed by atoms with van der Waals surface area (Å²) in [6.07, 6.45) is 1.77. The van der Waals surface area contributed by atoms with E-state index in [0.717, 1.165) is 22.6 Å². The molecule has 0 saturated heterocycles. The molecule has 4 rings (SSSR count). The summed E-state index contributed by atoms with van der Waals surface area (Å²) >= 11 is 5.50. The largest absolute Gasteiger partial charge is 0.493 e. The Hall–Kier alpha value is -3.92. The Bertz CT molecular complexity index is 1350. The molecule has 2 N–H and O–H groups in total. The first-order valence-electron chi connectivity index (χ1n) is 11.0. The fraction of sp³-hybridized carbons (Fsp3) is 0.240. The molecular weight excluding hydrogens is 467 g/mol. The third-order valence-corrected chi connectivity index (χ3v) is 5.78. The van der Waals surface area contributed by atoms with Crippen molar-refractivity contribution in [2.24, 2.45) is 0 Å². The predicted octanol–water partition coefficient (Wildman–Crippen LogP) is 4.76. The maximum Gasteiger partial charge on any atom is 0.176 e. The molecule has 8 nitrogen and oxygen atoms in total. The van der Waals surface area contributed by atoms with Gasteiger partial charge < -0.3 is 20.1 Å². The number of rotatable bonds is 8. The molecule has 4 aromatic rings. The predicted molar refractivity (Wildman–Crippen MR) is 138 cm³/mol. The number of hydrogen-bond acceptors (Lipinski definition) is 5. The van der Waals surface area contributed by atoms with Crippen molar-refractivity contribution in [1.82, 2.24) is 19.6 Å². The van der Waals surface area contributed by atoms with E-state index in [2.05, 4.69) is 20.8 Å². The molecule has 2 aromatic heterocycles. The monoisotopic (exact) mass is 494 g/mol. The lowest BCUT2D eigenvalue weighted by Crippen LogP contribution is -2.20. The molecular formula is C25H27FN6O2S. The molecule has 0 spiro atoms. The fourth-order valence-electron chi connectivity index (χ4n) is 3.76. The van der Waals surface area contributed by atoms with Gasteiger partial charge in [0.2, 0.25) is 0 Å². The molecule has 0 amide bonds. The Morgan fingerprint density at radius 3 is 2.49 bits per heavy atom. The SMILES string of the molecule is COc1ccc(Cn2nc(C)c(NC(=S)Nc3ccn(Cc4ccccc4F)n3)c2C)cc1OC. The van der Waals surface area contributed by atoms with Crippen LogP contribution in [0.15, 0.2) is 54.7 Å². The second kappa shape index (κ2) is 10.6. The normalized spacial score (nSPS) is 10.8. The Morgan fingerprint density at radius 1 is 0.971 bits per heavy atom. The number of nitrogens with one attached hydrogen (secondary N) is 2. The van der Waals surface area contributed by atoms with E-state index in [0.29, 0.717) is 41.1 Å². The minimum absolute atomic E-state index is 0.259. The minimum atomic E-state index is -0.259. The number of nitrogens with zero attached hydrogens (tertiary/aromatic N) is 4. The highest BCUT2D eigenvalue weighted by atomic mass is 32.1. The second-order valence-corrected chi connectivity index (χ2v) is 8.37. The van der Waals surface area contributed by atoms with Crippen LogP contribution in [0, 0.1) is 19.7 Å². The molecule has 0 atom stereocenters. The van der Waals surface area contributed by atoms with Crippen molar-refractivity contribution in [2.75, 3.05) is 24.9 Å². The lowest BCUT2D eigenvalue weighted by Gasteiger charge is -2.11. The average Bonchev–Trinajstić information content (AvgIpc) is 3.39. The molecule has 2 heterocycles. The number of benzene rings is 2. The van der Waals surface area contributed by atoms with E-state index in [9.17, 15) is 4.39 Å². The first-order valence-corrected chi connectivity index (χ1v) is 11.4. The summed E-state index contributed by atoms with van der Waals surface area (Å²) in [5.41, 5.74) is 4.18. The van der Waals surface area contributed by atoms with Gasteiger partial charge in [-0.05, 0) is 49.8 Å². The van der Waals surface area contributed by atoms with Crippen LogP contribution in [0.25, 0.3) is 0 Å². The molecule has 0 aliphatic heterocycles. The van der Waals surface area contributed by atoms with Crippen LogP contribution in [0.2, 0.25) is 0 Å². The summed E-state index contributed by atoms with van der Waals surface area (Å²) in [6, 6.07) is 14.2. The molecule has 0 fully saturated rings. The van der Waals surface area contributed by atoms with Gasteiger partial charge in [-0.1, -0.05) is 24.3 Å². The van der Waals surface area contributed by atoms with Crippen LogP contribution in [-0.4, -0.2) is 38.9 Å². The van der Waals surface area contributed by atoms with Gasteiger partial charge in [0, 0.05) is 17.8 Å². The van der Waals surface area contributed by atoms with Crippen LogP contribution >= 0.6 is 12.2 Å². The summed E-state index contributed by atoms with van der Waals surface area (Å²) < 4.78 is 28.2. The summed E-state index contributed by atoms with van der Waals surface area (Å²) in [4.78, 5) is 0. The summed E-state index contributed by atoms with van der Waals surface area (Å²) in [7, 11) is 3.23. The highest BCUT2D eigenvalue weighted by Gasteiger charge is 2.15. The van der Waals surface area contributed by atoms with Crippen LogP contribution in [0.1, 0.15) is 22.5 Å². The Balaban J connectivity index is 1.41. The number of methoxy groups -OCH3 is 2. The maximum atomic E-state index is 13.9. The van der Waals surface area contributed by atoms with Gasteiger partial charge in [0.1, 0.15) is 5.82 Å². The van der Waals surface area contributed by atoms with E-state index in [-0.39, 0.29) is 5.82 Å². The number of aromatic nitrogens is 4. The van der Waals surface area contributed by atoms with Crippen molar-refractivity contribution in [1.29, 1.82) is 0 Å². The third-order valence-electron chi connectivity index (χ3n) is 5.57. The van der Waals surface area contributed by atoms with E-state index < -0.39 is 0 Å². The van der Waals surface area contributed by atoms with Gasteiger partial charge in [0.25, 0.3) is 0 Å². The lowest BCUT2D eigenvalue weighted by molar-refractivity contribution is 0.354. The van der Waals surface area contributed by atoms with Crippen LogP contribution in [0.3, 0.4) is 0 Å². The molecule has 10 heteroatoms. The fourth-order valence-corrected chi connectivity index (χ4v) is 3.97. The number of aryl methyl sites for hydroxylation is 1. The van der Waals surface area contributed by atoms with Crippen molar-refractivity contribution >= 4 is 28.8 Å². The summed E-state index contributed by atoms with van der Waals surface area (Å²) in [5, 5.41) is 15.8. The van der Waals surface area contributed by atoms with Crippen molar-refractivity contribution < 1.29 is 13.9 Å². The number of hydrogen-bond donors (Lipinski definition) is 2. The standard InChI is InChI=1S/C25H27FN6O2S/c1-16-24(17(2)32(29-16)14-18-9-10-21(33-3)22(13-18)34-4)28-25(35)27-23-11-12-31(30-23)15-19-7-5-6-8-20(19)26/h5-13H,14-15H2,1-4H3,(H2,27,28,30,35). The molecule has 0 aliphatic rings. The van der Waals surface area contributed by atoms with Crippen LogP contribution in [0.5, 0.6) is 11.5 Å². The van der Waals surface area contributed by atoms with Crippen molar-refractivity contribution in [3.8, 4) is 11.5 Å². The van der Waals surface area contributed by atoms with Crippen LogP contribution in [0.4, 0.5) is 15.9 Å². The minimum Gasteiger partial charge on any atom is -0.493 e. The second-order valence-electron chi connectivity index (χ2n) is 7.96. The summed E-state index contributed by atoms with van der Waals surface area (Å²) in [5.74, 6) is 1.65. The number of anilines is 2. The number of thiocarbonyl (C=S) groups is 1. The van der Waals surface area contributed by atoms with Crippen molar-refractivity contribution in [2.45, 2.75) is 26.9 Å². The zero-order chi connectivity index (χ0) is 24.9. The van der Waals surface area contributed by atoms with Crippen LogP contribution in [-0.2, 0) is 13.1 Å². The molecule has 0 unspecified atom stereocenters. The lowest BCUT2D eigenvalue weighted by atomic mass is 10.2.